The second kappa shape index (κ2) is 8.47. The Morgan fingerprint density at radius 1 is 1.04 bits per heavy atom. The molecule has 0 amide bonds. The van der Waals surface area contributed by atoms with Crippen molar-refractivity contribution >= 4 is 5.78 Å². The summed E-state index contributed by atoms with van der Waals surface area (Å²) >= 11 is 0. The van der Waals surface area contributed by atoms with Crippen molar-refractivity contribution in [2.75, 3.05) is 6.61 Å². The number of hydrogen-bond donors (Lipinski definition) is 0. The van der Waals surface area contributed by atoms with Crippen molar-refractivity contribution in [3.63, 3.8) is 0 Å². The first-order chi connectivity index (χ1) is 12.2. The predicted molar refractivity (Wildman–Crippen MR) is 95.5 cm³/mol. The van der Waals surface area contributed by atoms with Crippen LogP contribution in [0.1, 0.15) is 36.2 Å². The van der Waals surface area contributed by atoms with Crippen LogP contribution in [0.2, 0.25) is 0 Å². The van der Waals surface area contributed by atoms with E-state index in [2.05, 4.69) is 6.07 Å². The smallest absolute Gasteiger partial charge is 0.208 e. The van der Waals surface area contributed by atoms with E-state index >= 15 is 0 Å². The lowest BCUT2D eigenvalue weighted by molar-refractivity contribution is 0.102. The molecule has 0 aromatic heterocycles. The third-order valence-corrected chi connectivity index (χ3v) is 3.76. The Balaban J connectivity index is 2.62. The normalized spacial score (nSPS) is 11.0. The average Bonchev–Trinajstić information content (AvgIpc) is 2.67. The first-order valence-corrected chi connectivity index (χ1v) is 8.07. The van der Waals surface area contributed by atoms with Crippen LogP contribution in [-0.4, -0.2) is 12.4 Å². The molecule has 4 nitrogen and oxygen atoms in total. The first kappa shape index (κ1) is 18.0. The lowest BCUT2D eigenvalue weighted by Crippen LogP contribution is -2.10. The topological polar surface area (TPSA) is 73.9 Å². The van der Waals surface area contributed by atoms with Crippen LogP contribution in [0.25, 0.3) is 11.1 Å². The van der Waals surface area contributed by atoms with Crippen molar-refractivity contribution in [2.45, 2.75) is 20.3 Å². The highest BCUT2D eigenvalue weighted by molar-refractivity contribution is 6.13. The highest BCUT2D eigenvalue weighted by Gasteiger charge is 2.22. The molecule has 0 fully saturated rings. The van der Waals surface area contributed by atoms with Crippen molar-refractivity contribution in [1.29, 1.82) is 10.5 Å². The molecule has 2 aromatic rings. The summed E-state index contributed by atoms with van der Waals surface area (Å²) in [6.45, 7) is 3.99. The van der Waals surface area contributed by atoms with Crippen LogP contribution in [0.5, 0.6) is 0 Å². The fraction of sp³-hybridized carbons (Fsp3) is 0.190. The van der Waals surface area contributed by atoms with Crippen LogP contribution in [0.4, 0.5) is 0 Å². The number of allylic oxidation sites excluding steroid dienone is 2. The minimum absolute atomic E-state index is 0.0499. The molecule has 0 spiro atoms. The maximum Gasteiger partial charge on any atom is 0.208 e. The van der Waals surface area contributed by atoms with Gasteiger partial charge in [-0.2, -0.15) is 10.5 Å². The second-order valence-corrected chi connectivity index (χ2v) is 5.23. The lowest BCUT2D eigenvalue weighted by Gasteiger charge is -2.11. The van der Waals surface area contributed by atoms with Crippen LogP contribution in [-0.2, 0) is 4.74 Å². The quantitative estimate of drug-likeness (QED) is 0.335. The van der Waals surface area contributed by atoms with Crippen molar-refractivity contribution in [1.82, 2.24) is 0 Å². The number of rotatable bonds is 6. The molecule has 0 radical (unpaired) electrons. The van der Waals surface area contributed by atoms with Crippen molar-refractivity contribution in [3.8, 4) is 23.3 Å². The molecule has 4 heteroatoms. The minimum Gasteiger partial charge on any atom is -0.497 e. The molecule has 25 heavy (non-hydrogen) atoms. The number of carbonyl (C=O) groups is 1. The van der Waals surface area contributed by atoms with Gasteiger partial charge < -0.3 is 4.74 Å². The van der Waals surface area contributed by atoms with E-state index in [0.29, 0.717) is 24.4 Å². The summed E-state index contributed by atoms with van der Waals surface area (Å²) in [6, 6.07) is 18.5. The molecule has 0 saturated heterocycles. The summed E-state index contributed by atoms with van der Waals surface area (Å²) in [4.78, 5) is 12.9. The number of carbonyl (C=O) groups excluding carboxylic acids is 1. The third-order valence-electron chi connectivity index (χ3n) is 3.76. The van der Waals surface area contributed by atoms with E-state index in [9.17, 15) is 15.3 Å². The van der Waals surface area contributed by atoms with Gasteiger partial charge in [0.05, 0.1) is 12.2 Å². The highest BCUT2D eigenvalue weighted by atomic mass is 16.5. The molecule has 2 aromatic carbocycles. The van der Waals surface area contributed by atoms with Crippen LogP contribution in [0.15, 0.2) is 59.9 Å². The number of nitriles is 2. The first-order valence-electron chi connectivity index (χ1n) is 8.07. The Bertz CT molecular complexity index is 884. The van der Waals surface area contributed by atoms with Gasteiger partial charge in [-0.1, -0.05) is 49.4 Å². The fourth-order valence-corrected chi connectivity index (χ4v) is 2.62. The van der Waals surface area contributed by atoms with E-state index in [1.54, 1.807) is 25.1 Å². The van der Waals surface area contributed by atoms with Gasteiger partial charge in [0.2, 0.25) is 5.78 Å². The summed E-state index contributed by atoms with van der Waals surface area (Å²) in [6.07, 6.45) is 0.433. The Labute approximate surface area is 147 Å². The van der Waals surface area contributed by atoms with Crippen molar-refractivity contribution < 1.29 is 9.53 Å². The number of benzene rings is 2. The molecule has 0 bridgehead atoms. The minimum atomic E-state index is -0.484. The van der Waals surface area contributed by atoms with Gasteiger partial charge in [-0.25, -0.2) is 0 Å². The van der Waals surface area contributed by atoms with Gasteiger partial charge in [0.15, 0.2) is 0 Å². The van der Waals surface area contributed by atoms with Gasteiger partial charge >= 0.3 is 0 Å². The van der Waals surface area contributed by atoms with Crippen molar-refractivity contribution in [2.24, 2.45) is 0 Å². The highest BCUT2D eigenvalue weighted by Crippen LogP contribution is 2.28. The SMILES string of the molecule is CCOC(CC)=C(C#N)C(=O)c1cccc(-c2ccccc2)c1C#N. The molecule has 0 heterocycles. The van der Waals surface area contributed by atoms with Crippen LogP contribution < -0.4 is 0 Å². The molecule has 124 valence electrons. The second-order valence-electron chi connectivity index (χ2n) is 5.23. The Morgan fingerprint density at radius 3 is 2.32 bits per heavy atom. The molecular weight excluding hydrogens is 312 g/mol. The number of Topliss-reactive ketones (excluding diaryl/α,β-unsaturated/α-hetero) is 1. The molecule has 0 unspecified atom stereocenters. The van der Waals surface area contributed by atoms with Gasteiger partial charge in [-0.05, 0) is 18.6 Å². The standard InChI is InChI=1S/C21H18N2O2/c1-3-20(25-4-2)19(14-23)21(24)17-12-8-11-16(18(17)13-22)15-9-6-5-7-10-15/h5-12H,3-4H2,1-2H3. The summed E-state index contributed by atoms with van der Waals surface area (Å²) in [7, 11) is 0. The zero-order valence-corrected chi connectivity index (χ0v) is 14.2. The summed E-state index contributed by atoms with van der Waals surface area (Å²) in [5.74, 6) is -0.133. The van der Waals surface area contributed by atoms with E-state index in [0.717, 1.165) is 5.56 Å². The number of ether oxygens (including phenoxy) is 1. The molecule has 0 saturated carbocycles. The average molecular weight is 330 g/mol. The Hall–Kier alpha value is -3.37. The zero-order chi connectivity index (χ0) is 18.2. The lowest BCUT2D eigenvalue weighted by atomic mass is 9.91. The predicted octanol–water partition coefficient (Wildman–Crippen LogP) is 4.63. The molecular formula is C21H18N2O2. The van der Waals surface area contributed by atoms with Crippen LogP contribution in [0, 0.1) is 22.7 Å². The molecule has 0 aliphatic heterocycles. The van der Waals surface area contributed by atoms with Gasteiger partial charge in [0, 0.05) is 17.5 Å². The van der Waals surface area contributed by atoms with Gasteiger partial charge in [0.1, 0.15) is 23.5 Å². The van der Waals surface area contributed by atoms with Crippen LogP contribution >= 0.6 is 0 Å². The maximum absolute atomic E-state index is 12.9. The van der Waals surface area contributed by atoms with E-state index in [-0.39, 0.29) is 16.7 Å². The summed E-state index contributed by atoms with van der Waals surface area (Å²) < 4.78 is 5.43. The number of nitrogens with zero attached hydrogens (tertiary/aromatic N) is 2. The summed E-state index contributed by atoms with van der Waals surface area (Å²) in [5, 5.41) is 19.1. The Kier molecular flexibility index (Phi) is 6.09. The van der Waals surface area contributed by atoms with Gasteiger partial charge in [-0.3, -0.25) is 4.79 Å². The largest absolute Gasteiger partial charge is 0.497 e. The monoisotopic (exact) mass is 330 g/mol. The van der Waals surface area contributed by atoms with Crippen molar-refractivity contribution in [3.05, 3.63) is 71.0 Å². The molecule has 0 atom stereocenters. The maximum atomic E-state index is 12.9. The number of hydrogen-bond acceptors (Lipinski definition) is 4. The zero-order valence-electron chi connectivity index (χ0n) is 14.2. The fourth-order valence-electron chi connectivity index (χ4n) is 2.62. The van der Waals surface area contributed by atoms with E-state index in [1.165, 1.54) is 0 Å². The molecule has 0 N–H and O–H groups in total. The van der Waals surface area contributed by atoms with E-state index < -0.39 is 5.78 Å². The van der Waals surface area contributed by atoms with Gasteiger partial charge in [-0.15, -0.1) is 0 Å². The van der Waals surface area contributed by atoms with E-state index in [1.807, 2.05) is 43.3 Å². The third kappa shape index (κ3) is 3.76. The van der Waals surface area contributed by atoms with E-state index in [4.69, 9.17) is 4.74 Å². The summed E-state index contributed by atoms with van der Waals surface area (Å²) in [5.41, 5.74) is 1.94. The molecule has 0 aliphatic rings. The Morgan fingerprint density at radius 2 is 1.76 bits per heavy atom. The van der Waals surface area contributed by atoms with Crippen LogP contribution in [0.3, 0.4) is 0 Å². The van der Waals surface area contributed by atoms with Gasteiger partial charge in [0.25, 0.3) is 0 Å². The number of ketones is 1. The molecule has 0 aliphatic carbocycles. The molecule has 2 rings (SSSR count).